The molecule has 4 heteroatoms. The SMILES string of the molecule is CC(OCc1ccccc1)C(=O)NC(CCO)C(C)(C)C. The van der Waals surface area contributed by atoms with Gasteiger partial charge in [-0.3, -0.25) is 4.79 Å². The molecule has 1 rings (SSSR count). The third-order valence-corrected chi connectivity index (χ3v) is 3.49. The highest BCUT2D eigenvalue weighted by Crippen LogP contribution is 2.21. The summed E-state index contributed by atoms with van der Waals surface area (Å²) in [5, 5.41) is 12.1. The van der Waals surface area contributed by atoms with Gasteiger partial charge in [-0.05, 0) is 24.3 Å². The molecule has 118 valence electrons. The largest absolute Gasteiger partial charge is 0.396 e. The number of carbonyl (C=O) groups is 1. The van der Waals surface area contributed by atoms with Gasteiger partial charge in [0.15, 0.2) is 0 Å². The Balaban J connectivity index is 2.49. The third-order valence-electron chi connectivity index (χ3n) is 3.49. The van der Waals surface area contributed by atoms with Gasteiger partial charge in [0.1, 0.15) is 6.10 Å². The molecule has 2 unspecified atom stereocenters. The Hall–Kier alpha value is -1.39. The molecular weight excluding hydrogens is 266 g/mol. The minimum atomic E-state index is -0.520. The van der Waals surface area contributed by atoms with E-state index in [1.807, 2.05) is 51.1 Å². The molecular formula is C17H27NO3. The van der Waals surface area contributed by atoms with Crippen LogP contribution in [0.1, 0.15) is 39.7 Å². The number of benzene rings is 1. The summed E-state index contributed by atoms with van der Waals surface area (Å²) in [6.07, 6.45) is 0.0226. The van der Waals surface area contributed by atoms with Gasteiger partial charge < -0.3 is 15.2 Å². The molecule has 0 saturated heterocycles. The second kappa shape index (κ2) is 8.15. The fourth-order valence-corrected chi connectivity index (χ4v) is 2.01. The first-order chi connectivity index (χ1) is 9.84. The molecule has 1 amide bonds. The highest BCUT2D eigenvalue weighted by atomic mass is 16.5. The zero-order chi connectivity index (χ0) is 15.9. The van der Waals surface area contributed by atoms with Crippen LogP contribution in [-0.2, 0) is 16.1 Å². The molecule has 4 nitrogen and oxygen atoms in total. The Morgan fingerprint density at radius 1 is 1.29 bits per heavy atom. The van der Waals surface area contributed by atoms with Crippen molar-refractivity contribution >= 4 is 5.91 Å². The number of amides is 1. The summed E-state index contributed by atoms with van der Waals surface area (Å²) in [7, 11) is 0. The first kappa shape index (κ1) is 17.7. The maximum atomic E-state index is 12.2. The fraction of sp³-hybridized carbons (Fsp3) is 0.588. The second-order valence-corrected chi connectivity index (χ2v) is 6.38. The van der Waals surface area contributed by atoms with Crippen LogP contribution in [0.4, 0.5) is 0 Å². The van der Waals surface area contributed by atoms with E-state index in [-0.39, 0.29) is 24.0 Å². The van der Waals surface area contributed by atoms with E-state index in [1.54, 1.807) is 6.92 Å². The molecule has 0 aliphatic heterocycles. The van der Waals surface area contributed by atoms with Crippen molar-refractivity contribution in [1.29, 1.82) is 0 Å². The van der Waals surface area contributed by atoms with Gasteiger partial charge in [0.05, 0.1) is 6.61 Å². The fourth-order valence-electron chi connectivity index (χ4n) is 2.01. The van der Waals surface area contributed by atoms with E-state index < -0.39 is 6.10 Å². The van der Waals surface area contributed by atoms with Gasteiger partial charge in [0.2, 0.25) is 5.91 Å². The van der Waals surface area contributed by atoms with E-state index in [2.05, 4.69) is 5.32 Å². The zero-order valence-corrected chi connectivity index (χ0v) is 13.4. The Bertz CT molecular complexity index is 425. The predicted octanol–water partition coefficient (Wildman–Crippen LogP) is 2.51. The number of carbonyl (C=O) groups excluding carboxylic acids is 1. The molecule has 0 radical (unpaired) electrons. The van der Waals surface area contributed by atoms with Crippen LogP contribution < -0.4 is 5.32 Å². The first-order valence-electron chi connectivity index (χ1n) is 7.41. The summed E-state index contributed by atoms with van der Waals surface area (Å²) in [6, 6.07) is 9.70. The van der Waals surface area contributed by atoms with Crippen LogP contribution in [0.3, 0.4) is 0 Å². The van der Waals surface area contributed by atoms with Crippen molar-refractivity contribution in [2.75, 3.05) is 6.61 Å². The van der Waals surface area contributed by atoms with Gasteiger partial charge in [-0.2, -0.15) is 0 Å². The lowest BCUT2D eigenvalue weighted by Gasteiger charge is -2.32. The molecule has 0 spiro atoms. The second-order valence-electron chi connectivity index (χ2n) is 6.38. The average Bonchev–Trinajstić information content (AvgIpc) is 2.44. The Kier molecular flexibility index (Phi) is 6.85. The van der Waals surface area contributed by atoms with E-state index in [0.29, 0.717) is 13.0 Å². The van der Waals surface area contributed by atoms with Crippen molar-refractivity contribution in [2.24, 2.45) is 5.41 Å². The minimum Gasteiger partial charge on any atom is -0.396 e. The summed E-state index contributed by atoms with van der Waals surface area (Å²) < 4.78 is 5.61. The lowest BCUT2D eigenvalue weighted by molar-refractivity contribution is -0.134. The Labute approximate surface area is 127 Å². The number of ether oxygens (including phenoxy) is 1. The summed E-state index contributed by atoms with van der Waals surface area (Å²) >= 11 is 0. The molecule has 0 fully saturated rings. The van der Waals surface area contributed by atoms with E-state index in [0.717, 1.165) is 5.56 Å². The summed E-state index contributed by atoms with van der Waals surface area (Å²) in [6.45, 7) is 8.35. The molecule has 0 aromatic heterocycles. The smallest absolute Gasteiger partial charge is 0.249 e. The monoisotopic (exact) mass is 293 g/mol. The first-order valence-corrected chi connectivity index (χ1v) is 7.41. The van der Waals surface area contributed by atoms with E-state index >= 15 is 0 Å². The summed E-state index contributed by atoms with van der Waals surface area (Å²) in [5.41, 5.74) is 0.942. The van der Waals surface area contributed by atoms with E-state index in [9.17, 15) is 4.79 Å². The van der Waals surface area contributed by atoms with Gasteiger partial charge in [-0.25, -0.2) is 0 Å². The van der Waals surface area contributed by atoms with Crippen LogP contribution >= 0.6 is 0 Å². The van der Waals surface area contributed by atoms with Crippen molar-refractivity contribution in [3.05, 3.63) is 35.9 Å². The van der Waals surface area contributed by atoms with Crippen molar-refractivity contribution in [2.45, 2.75) is 52.9 Å². The molecule has 0 heterocycles. The molecule has 0 bridgehead atoms. The quantitative estimate of drug-likeness (QED) is 0.812. The highest BCUT2D eigenvalue weighted by Gasteiger charge is 2.27. The van der Waals surface area contributed by atoms with Gasteiger partial charge in [-0.15, -0.1) is 0 Å². The van der Waals surface area contributed by atoms with Gasteiger partial charge >= 0.3 is 0 Å². The molecule has 1 aromatic rings. The Morgan fingerprint density at radius 2 is 1.90 bits per heavy atom. The standard InChI is InChI=1S/C17H27NO3/c1-13(21-12-14-8-6-5-7-9-14)16(20)18-15(10-11-19)17(2,3)4/h5-9,13,15,19H,10-12H2,1-4H3,(H,18,20). The molecule has 0 aliphatic carbocycles. The van der Waals surface area contributed by atoms with Crippen LogP contribution in [0.5, 0.6) is 0 Å². The zero-order valence-electron chi connectivity index (χ0n) is 13.4. The number of aliphatic hydroxyl groups excluding tert-OH is 1. The summed E-state index contributed by atoms with van der Waals surface area (Å²) in [4.78, 5) is 12.2. The van der Waals surface area contributed by atoms with Crippen molar-refractivity contribution in [3.63, 3.8) is 0 Å². The summed E-state index contributed by atoms with van der Waals surface area (Å²) in [5.74, 6) is -0.140. The number of nitrogens with one attached hydrogen (secondary N) is 1. The van der Waals surface area contributed by atoms with Crippen LogP contribution in [0, 0.1) is 5.41 Å². The van der Waals surface area contributed by atoms with Crippen LogP contribution in [0.25, 0.3) is 0 Å². The van der Waals surface area contributed by atoms with Gasteiger partial charge in [0.25, 0.3) is 0 Å². The highest BCUT2D eigenvalue weighted by molar-refractivity contribution is 5.80. The number of aliphatic hydroxyl groups is 1. The maximum Gasteiger partial charge on any atom is 0.249 e. The van der Waals surface area contributed by atoms with Crippen LogP contribution in [-0.4, -0.2) is 29.8 Å². The lowest BCUT2D eigenvalue weighted by atomic mass is 9.85. The molecule has 2 N–H and O–H groups in total. The van der Waals surface area contributed by atoms with Crippen LogP contribution in [0.15, 0.2) is 30.3 Å². The van der Waals surface area contributed by atoms with Crippen LogP contribution in [0.2, 0.25) is 0 Å². The number of rotatable bonds is 7. The number of hydrogen-bond donors (Lipinski definition) is 2. The molecule has 2 atom stereocenters. The Morgan fingerprint density at radius 3 is 2.43 bits per heavy atom. The molecule has 0 aliphatic rings. The molecule has 0 saturated carbocycles. The maximum absolute atomic E-state index is 12.2. The molecule has 21 heavy (non-hydrogen) atoms. The third kappa shape index (κ3) is 6.27. The van der Waals surface area contributed by atoms with Crippen molar-refractivity contribution < 1.29 is 14.6 Å². The topological polar surface area (TPSA) is 58.6 Å². The van der Waals surface area contributed by atoms with E-state index in [4.69, 9.17) is 9.84 Å². The van der Waals surface area contributed by atoms with Crippen molar-refractivity contribution in [3.8, 4) is 0 Å². The number of hydrogen-bond acceptors (Lipinski definition) is 3. The normalized spacial score (nSPS) is 14.5. The minimum absolute atomic E-state index is 0.0570. The average molecular weight is 293 g/mol. The van der Waals surface area contributed by atoms with Gasteiger partial charge in [-0.1, -0.05) is 51.1 Å². The lowest BCUT2D eigenvalue weighted by Crippen LogP contribution is -2.47. The molecule has 1 aromatic carbocycles. The van der Waals surface area contributed by atoms with Crippen molar-refractivity contribution in [1.82, 2.24) is 5.32 Å². The van der Waals surface area contributed by atoms with Gasteiger partial charge in [0, 0.05) is 12.6 Å². The van der Waals surface area contributed by atoms with E-state index in [1.165, 1.54) is 0 Å². The predicted molar refractivity (Wildman–Crippen MR) is 83.8 cm³/mol.